The molecule has 4 rings (SSSR count). The van der Waals surface area contributed by atoms with Crippen molar-refractivity contribution < 1.29 is 4.79 Å². The Labute approximate surface area is 162 Å². The molecule has 2 heterocycles. The van der Waals surface area contributed by atoms with Gasteiger partial charge in [0.25, 0.3) is 0 Å². The molecular formula is C23H29N3O. The number of carbonyl (C=O) groups is 1. The minimum Gasteiger partial charge on any atom is -0.302 e. The second-order valence-corrected chi connectivity index (χ2v) is 7.58. The molecule has 1 atom stereocenters. The highest BCUT2D eigenvalue weighted by atomic mass is 16.1. The first kappa shape index (κ1) is 18.4. The Hall–Kier alpha value is -2.01. The van der Waals surface area contributed by atoms with Crippen LogP contribution in [0.15, 0.2) is 60.7 Å². The van der Waals surface area contributed by atoms with E-state index in [2.05, 4.69) is 75.6 Å². The smallest absolute Gasteiger partial charge is 0.138 e. The van der Waals surface area contributed by atoms with Gasteiger partial charge >= 0.3 is 0 Å². The van der Waals surface area contributed by atoms with Gasteiger partial charge in [-0.15, -0.1) is 0 Å². The third kappa shape index (κ3) is 4.13. The number of rotatable bonds is 5. The molecule has 0 N–H and O–H groups in total. The van der Waals surface area contributed by atoms with Crippen molar-refractivity contribution in [2.24, 2.45) is 0 Å². The van der Waals surface area contributed by atoms with Gasteiger partial charge in [-0.25, -0.2) is 10.0 Å². The Morgan fingerprint density at radius 3 is 1.93 bits per heavy atom. The summed E-state index contributed by atoms with van der Waals surface area (Å²) in [5.41, 5.74) is 2.70. The van der Waals surface area contributed by atoms with E-state index in [1.54, 1.807) is 0 Å². The summed E-state index contributed by atoms with van der Waals surface area (Å²) in [6.07, 6.45) is 4.51. The topological polar surface area (TPSA) is 26.8 Å². The Morgan fingerprint density at radius 2 is 1.37 bits per heavy atom. The van der Waals surface area contributed by atoms with E-state index in [0.29, 0.717) is 0 Å². The molecule has 4 nitrogen and oxygen atoms in total. The van der Waals surface area contributed by atoms with Crippen molar-refractivity contribution >= 4 is 6.29 Å². The summed E-state index contributed by atoms with van der Waals surface area (Å²) < 4.78 is 0. The molecule has 2 aliphatic rings. The van der Waals surface area contributed by atoms with Crippen LogP contribution in [0, 0.1) is 0 Å². The fourth-order valence-corrected chi connectivity index (χ4v) is 4.54. The molecule has 142 valence electrons. The summed E-state index contributed by atoms with van der Waals surface area (Å²) in [4.78, 5) is 14.1. The monoisotopic (exact) mass is 363 g/mol. The van der Waals surface area contributed by atoms with E-state index in [4.69, 9.17) is 0 Å². The van der Waals surface area contributed by atoms with Crippen LogP contribution in [0.5, 0.6) is 0 Å². The van der Waals surface area contributed by atoms with E-state index >= 15 is 0 Å². The van der Waals surface area contributed by atoms with Crippen LogP contribution in [-0.2, 0) is 4.79 Å². The van der Waals surface area contributed by atoms with Gasteiger partial charge in [0.1, 0.15) is 6.29 Å². The lowest BCUT2D eigenvalue weighted by molar-refractivity contribution is -0.132. The first-order valence-electron chi connectivity index (χ1n) is 10.2. The average Bonchev–Trinajstić information content (AvgIpc) is 2.76. The number of hydrogen-bond acceptors (Lipinski definition) is 4. The van der Waals surface area contributed by atoms with Gasteiger partial charge in [0, 0.05) is 32.7 Å². The molecule has 0 saturated carbocycles. The number of piperazine rings is 1. The van der Waals surface area contributed by atoms with Crippen LogP contribution >= 0.6 is 0 Å². The lowest BCUT2D eigenvalue weighted by Gasteiger charge is -2.46. The molecule has 27 heavy (non-hydrogen) atoms. The molecule has 0 spiro atoms. The fraction of sp³-hybridized carbons (Fsp3) is 0.435. The first-order valence-corrected chi connectivity index (χ1v) is 10.2. The summed E-state index contributed by atoms with van der Waals surface area (Å²) in [5.74, 6) is 0. The van der Waals surface area contributed by atoms with Gasteiger partial charge in [-0.3, -0.25) is 4.90 Å². The van der Waals surface area contributed by atoms with Crippen LogP contribution in [0.4, 0.5) is 0 Å². The Bertz CT molecular complexity index is 673. The Balaban J connectivity index is 1.50. The van der Waals surface area contributed by atoms with Gasteiger partial charge < -0.3 is 4.79 Å². The molecular weight excluding hydrogens is 334 g/mol. The van der Waals surface area contributed by atoms with Crippen LogP contribution in [0.3, 0.4) is 0 Å². The average molecular weight is 364 g/mol. The molecule has 0 aliphatic carbocycles. The predicted octanol–water partition coefficient (Wildman–Crippen LogP) is 3.36. The molecule has 2 saturated heterocycles. The second-order valence-electron chi connectivity index (χ2n) is 7.58. The standard InChI is InChI=1S/C23H29N3O/c27-19-22-13-7-8-14-26(22)25-17-15-24(16-18-25)23(20-9-3-1-4-10-20)21-11-5-2-6-12-21/h1-6,9-12,19,22-23H,7-8,13-18H2/t22-/m0/s1. The van der Waals surface area contributed by atoms with E-state index in [1.165, 1.54) is 24.0 Å². The number of carbonyl (C=O) groups excluding carboxylic acids is 1. The molecule has 2 fully saturated rings. The van der Waals surface area contributed by atoms with Crippen molar-refractivity contribution in [3.8, 4) is 0 Å². The number of benzene rings is 2. The number of hydrogen-bond donors (Lipinski definition) is 0. The van der Waals surface area contributed by atoms with Crippen molar-refractivity contribution in [2.45, 2.75) is 31.3 Å². The maximum atomic E-state index is 11.5. The van der Waals surface area contributed by atoms with Gasteiger partial charge in [0.15, 0.2) is 0 Å². The summed E-state index contributed by atoms with van der Waals surface area (Å²) in [7, 11) is 0. The first-order chi connectivity index (χ1) is 13.4. The highest BCUT2D eigenvalue weighted by molar-refractivity contribution is 5.57. The van der Waals surface area contributed by atoms with Crippen molar-refractivity contribution in [3.05, 3.63) is 71.8 Å². The summed E-state index contributed by atoms with van der Waals surface area (Å²) in [6, 6.07) is 22.0. The third-order valence-electron chi connectivity index (χ3n) is 5.93. The van der Waals surface area contributed by atoms with Crippen molar-refractivity contribution in [2.75, 3.05) is 32.7 Å². The van der Waals surface area contributed by atoms with Crippen LogP contribution in [-0.4, -0.2) is 60.0 Å². The van der Waals surface area contributed by atoms with Gasteiger partial charge in [-0.1, -0.05) is 67.1 Å². The fourth-order valence-electron chi connectivity index (χ4n) is 4.54. The van der Waals surface area contributed by atoms with E-state index in [0.717, 1.165) is 45.4 Å². The zero-order chi connectivity index (χ0) is 18.5. The molecule has 0 amide bonds. The molecule has 4 heteroatoms. The van der Waals surface area contributed by atoms with Crippen LogP contribution in [0.2, 0.25) is 0 Å². The van der Waals surface area contributed by atoms with Crippen LogP contribution in [0.1, 0.15) is 36.4 Å². The van der Waals surface area contributed by atoms with Crippen molar-refractivity contribution in [1.29, 1.82) is 0 Å². The third-order valence-corrected chi connectivity index (χ3v) is 5.93. The Kier molecular flexibility index (Phi) is 5.97. The zero-order valence-electron chi connectivity index (χ0n) is 15.9. The van der Waals surface area contributed by atoms with Crippen molar-refractivity contribution in [1.82, 2.24) is 14.9 Å². The molecule has 0 bridgehead atoms. The summed E-state index contributed by atoms with van der Waals surface area (Å²) in [5, 5.41) is 4.75. The lowest BCUT2D eigenvalue weighted by Crippen LogP contribution is -2.58. The summed E-state index contributed by atoms with van der Waals surface area (Å²) >= 11 is 0. The van der Waals surface area contributed by atoms with Gasteiger partial charge in [0.2, 0.25) is 0 Å². The molecule has 0 aromatic heterocycles. The minimum atomic E-state index is 0.0735. The second kappa shape index (κ2) is 8.79. The van der Waals surface area contributed by atoms with Gasteiger partial charge in [-0.2, -0.15) is 0 Å². The number of hydrazine groups is 1. The van der Waals surface area contributed by atoms with Crippen LogP contribution < -0.4 is 0 Å². The highest BCUT2D eigenvalue weighted by Crippen LogP contribution is 2.30. The lowest BCUT2D eigenvalue weighted by atomic mass is 9.96. The van der Waals surface area contributed by atoms with Crippen LogP contribution in [0.25, 0.3) is 0 Å². The summed E-state index contributed by atoms with van der Waals surface area (Å²) in [6.45, 7) is 5.01. The highest BCUT2D eigenvalue weighted by Gasteiger charge is 2.32. The molecule has 2 aromatic carbocycles. The molecule has 2 aromatic rings. The van der Waals surface area contributed by atoms with Gasteiger partial charge in [0.05, 0.1) is 12.1 Å². The minimum absolute atomic E-state index is 0.0735. The SMILES string of the molecule is O=C[C@@H]1CCCCN1N1CCN(C(c2ccccc2)c2ccccc2)CC1. The molecule has 0 unspecified atom stereocenters. The predicted molar refractivity (Wildman–Crippen MR) is 108 cm³/mol. The number of piperidine rings is 1. The normalized spacial score (nSPS) is 22.8. The quantitative estimate of drug-likeness (QED) is 0.761. The van der Waals surface area contributed by atoms with E-state index in [1.807, 2.05) is 0 Å². The number of nitrogens with zero attached hydrogens (tertiary/aromatic N) is 3. The maximum absolute atomic E-state index is 11.5. The Morgan fingerprint density at radius 1 is 0.778 bits per heavy atom. The van der Waals surface area contributed by atoms with E-state index < -0.39 is 0 Å². The zero-order valence-corrected chi connectivity index (χ0v) is 15.9. The van der Waals surface area contributed by atoms with Gasteiger partial charge in [-0.05, 0) is 24.0 Å². The maximum Gasteiger partial charge on any atom is 0.138 e. The number of aldehydes is 1. The largest absolute Gasteiger partial charge is 0.302 e. The van der Waals surface area contributed by atoms with Crippen molar-refractivity contribution in [3.63, 3.8) is 0 Å². The molecule has 0 radical (unpaired) electrons. The van der Waals surface area contributed by atoms with E-state index in [9.17, 15) is 4.79 Å². The van der Waals surface area contributed by atoms with E-state index in [-0.39, 0.29) is 12.1 Å². The molecule has 2 aliphatic heterocycles.